The Hall–Kier alpha value is 0.0969. The molecule has 0 bridgehead atoms. The van der Waals surface area contributed by atoms with E-state index in [-0.39, 0.29) is 0 Å². The molecule has 118 valence electrons. The molecule has 0 aromatic rings. The molecule has 1 unspecified atom stereocenters. The van der Waals surface area contributed by atoms with Crippen molar-refractivity contribution in [3.8, 4) is 0 Å². The van der Waals surface area contributed by atoms with Crippen molar-refractivity contribution in [3.05, 3.63) is 0 Å². The number of hydrogen-bond acceptors (Lipinski definition) is 3. The summed E-state index contributed by atoms with van der Waals surface area (Å²) < 4.78 is 6.52. The smallest absolute Gasteiger partial charge is 0.192 e. The van der Waals surface area contributed by atoms with Crippen LogP contribution in [0.15, 0.2) is 0 Å². The standard InChI is InChI=1S/C16H34N2OSi/c1-13-11-18(10-9-17-13)15(14-7-8-14)12-19-20(5,6)16(2,3)4/h13-15,17H,7-12H2,1-6H3/t13-,15?/m1/s1. The van der Waals surface area contributed by atoms with Gasteiger partial charge in [-0.05, 0) is 43.8 Å². The van der Waals surface area contributed by atoms with Gasteiger partial charge in [0.1, 0.15) is 0 Å². The first-order valence-corrected chi connectivity index (χ1v) is 11.2. The predicted molar refractivity (Wildman–Crippen MR) is 88.7 cm³/mol. The molecule has 1 saturated heterocycles. The van der Waals surface area contributed by atoms with E-state index >= 15 is 0 Å². The molecule has 2 aliphatic rings. The highest BCUT2D eigenvalue weighted by atomic mass is 28.4. The molecule has 1 aliphatic carbocycles. The molecule has 0 amide bonds. The van der Waals surface area contributed by atoms with E-state index < -0.39 is 8.32 Å². The molecule has 1 heterocycles. The second-order valence-electron chi connectivity index (χ2n) is 8.33. The van der Waals surface area contributed by atoms with Crippen molar-refractivity contribution in [2.45, 2.75) is 70.8 Å². The van der Waals surface area contributed by atoms with Crippen LogP contribution in [0.4, 0.5) is 0 Å². The Labute approximate surface area is 126 Å². The van der Waals surface area contributed by atoms with Crippen molar-refractivity contribution in [1.29, 1.82) is 0 Å². The minimum atomic E-state index is -1.61. The summed E-state index contributed by atoms with van der Waals surface area (Å²) in [6.07, 6.45) is 2.81. The van der Waals surface area contributed by atoms with Crippen LogP contribution in [0.25, 0.3) is 0 Å². The second-order valence-corrected chi connectivity index (χ2v) is 13.1. The van der Waals surface area contributed by atoms with Crippen molar-refractivity contribution in [2.75, 3.05) is 26.2 Å². The first kappa shape index (κ1) is 16.5. The average molecular weight is 299 g/mol. The van der Waals surface area contributed by atoms with Gasteiger partial charge >= 0.3 is 0 Å². The van der Waals surface area contributed by atoms with Gasteiger partial charge in [-0.2, -0.15) is 0 Å². The predicted octanol–water partition coefficient (Wildman–Crippen LogP) is 3.08. The fraction of sp³-hybridized carbons (Fsp3) is 1.00. The molecule has 4 heteroatoms. The highest BCUT2D eigenvalue weighted by Gasteiger charge is 2.41. The molecule has 2 rings (SSSR count). The van der Waals surface area contributed by atoms with Gasteiger partial charge in [0, 0.05) is 38.3 Å². The van der Waals surface area contributed by atoms with Crippen LogP contribution in [-0.2, 0) is 4.43 Å². The normalized spacial score (nSPS) is 27.6. The number of hydrogen-bond donors (Lipinski definition) is 1. The average Bonchev–Trinajstić information content (AvgIpc) is 3.12. The molecule has 1 aliphatic heterocycles. The van der Waals surface area contributed by atoms with Gasteiger partial charge in [-0.15, -0.1) is 0 Å². The van der Waals surface area contributed by atoms with E-state index in [1.54, 1.807) is 0 Å². The van der Waals surface area contributed by atoms with Crippen molar-refractivity contribution in [1.82, 2.24) is 10.2 Å². The number of piperazine rings is 1. The van der Waals surface area contributed by atoms with E-state index in [1.807, 2.05) is 0 Å². The summed E-state index contributed by atoms with van der Waals surface area (Å²) in [5.74, 6) is 0.894. The van der Waals surface area contributed by atoms with Crippen molar-refractivity contribution in [3.63, 3.8) is 0 Å². The third kappa shape index (κ3) is 4.06. The Kier molecular flexibility index (Phi) is 5.00. The van der Waals surface area contributed by atoms with Gasteiger partial charge in [0.25, 0.3) is 0 Å². The van der Waals surface area contributed by atoms with Crippen LogP contribution >= 0.6 is 0 Å². The van der Waals surface area contributed by atoms with Crippen LogP contribution in [0.5, 0.6) is 0 Å². The lowest BCUT2D eigenvalue weighted by Crippen LogP contribution is -2.55. The molecule has 0 radical (unpaired) electrons. The van der Waals surface area contributed by atoms with E-state index in [0.717, 1.165) is 19.1 Å². The highest BCUT2D eigenvalue weighted by Crippen LogP contribution is 2.39. The molecule has 0 spiro atoms. The maximum absolute atomic E-state index is 6.52. The van der Waals surface area contributed by atoms with E-state index in [4.69, 9.17) is 4.43 Å². The fourth-order valence-corrected chi connectivity index (χ4v) is 3.81. The summed E-state index contributed by atoms with van der Waals surface area (Å²) in [5, 5.41) is 3.87. The molecule has 0 aromatic heterocycles. The molecule has 1 saturated carbocycles. The summed E-state index contributed by atoms with van der Waals surface area (Å²) >= 11 is 0. The fourth-order valence-electron chi connectivity index (χ4n) is 2.79. The largest absolute Gasteiger partial charge is 0.415 e. The summed E-state index contributed by atoms with van der Waals surface area (Å²) in [6, 6.07) is 1.28. The summed E-state index contributed by atoms with van der Waals surface area (Å²) in [4.78, 5) is 2.69. The van der Waals surface area contributed by atoms with Gasteiger partial charge in [0.15, 0.2) is 8.32 Å². The van der Waals surface area contributed by atoms with Crippen LogP contribution in [0.1, 0.15) is 40.5 Å². The lowest BCUT2D eigenvalue weighted by molar-refractivity contribution is 0.0865. The molecule has 2 fully saturated rings. The van der Waals surface area contributed by atoms with Gasteiger partial charge in [-0.25, -0.2) is 0 Å². The first-order chi connectivity index (χ1) is 9.21. The molecule has 20 heavy (non-hydrogen) atoms. The lowest BCUT2D eigenvalue weighted by Gasteiger charge is -2.41. The van der Waals surface area contributed by atoms with Crippen molar-refractivity contribution in [2.24, 2.45) is 5.92 Å². The van der Waals surface area contributed by atoms with Gasteiger partial charge < -0.3 is 9.74 Å². The zero-order chi connectivity index (χ0) is 15.0. The molecule has 0 aromatic carbocycles. The summed E-state index contributed by atoms with van der Waals surface area (Å²) in [5.41, 5.74) is 0. The Morgan fingerprint density at radius 2 is 1.95 bits per heavy atom. The van der Waals surface area contributed by atoms with Crippen molar-refractivity contribution < 1.29 is 4.43 Å². The topological polar surface area (TPSA) is 24.5 Å². The third-order valence-corrected chi connectivity index (χ3v) is 9.96. The third-order valence-electron chi connectivity index (χ3n) is 5.46. The van der Waals surface area contributed by atoms with Gasteiger partial charge in [0.05, 0.1) is 0 Å². The summed E-state index contributed by atoms with van der Waals surface area (Å²) in [7, 11) is -1.61. The van der Waals surface area contributed by atoms with E-state index in [0.29, 0.717) is 17.1 Å². The molecular formula is C16H34N2OSi. The number of nitrogens with zero attached hydrogens (tertiary/aromatic N) is 1. The Bertz CT molecular complexity index is 323. The van der Waals surface area contributed by atoms with E-state index in [2.05, 4.69) is 51.0 Å². The van der Waals surface area contributed by atoms with Crippen LogP contribution in [-0.4, -0.2) is 51.5 Å². The zero-order valence-electron chi connectivity index (χ0n) is 14.3. The Balaban J connectivity index is 1.93. The Morgan fingerprint density at radius 3 is 2.45 bits per heavy atom. The molecule has 3 nitrogen and oxygen atoms in total. The minimum absolute atomic E-state index is 0.317. The number of nitrogens with one attached hydrogen (secondary N) is 1. The van der Waals surface area contributed by atoms with Crippen LogP contribution < -0.4 is 5.32 Å². The maximum Gasteiger partial charge on any atom is 0.192 e. The minimum Gasteiger partial charge on any atom is -0.415 e. The monoisotopic (exact) mass is 298 g/mol. The van der Waals surface area contributed by atoms with Gasteiger partial charge in [-0.1, -0.05) is 20.8 Å². The van der Waals surface area contributed by atoms with Gasteiger partial charge in [-0.3, -0.25) is 4.90 Å². The van der Waals surface area contributed by atoms with Crippen molar-refractivity contribution >= 4 is 8.32 Å². The first-order valence-electron chi connectivity index (χ1n) is 8.32. The van der Waals surface area contributed by atoms with Crippen LogP contribution in [0, 0.1) is 5.92 Å². The van der Waals surface area contributed by atoms with Gasteiger partial charge in [0.2, 0.25) is 0 Å². The lowest BCUT2D eigenvalue weighted by atomic mass is 10.1. The Morgan fingerprint density at radius 1 is 1.30 bits per heavy atom. The molecule has 1 N–H and O–H groups in total. The highest BCUT2D eigenvalue weighted by molar-refractivity contribution is 6.74. The number of rotatable bonds is 5. The maximum atomic E-state index is 6.52. The second kappa shape index (κ2) is 6.07. The molecule has 2 atom stereocenters. The van der Waals surface area contributed by atoms with Crippen LogP contribution in [0.2, 0.25) is 18.1 Å². The zero-order valence-corrected chi connectivity index (χ0v) is 15.3. The van der Waals surface area contributed by atoms with Crippen LogP contribution in [0.3, 0.4) is 0 Å². The molecular weight excluding hydrogens is 264 g/mol. The summed E-state index contributed by atoms with van der Waals surface area (Å²) in [6.45, 7) is 18.5. The quantitative estimate of drug-likeness (QED) is 0.790. The SMILES string of the molecule is C[C@@H]1CN(C(CO[Si](C)(C)C(C)(C)C)C2CC2)CCN1. The van der Waals surface area contributed by atoms with E-state index in [9.17, 15) is 0 Å². The van der Waals surface area contributed by atoms with E-state index in [1.165, 1.54) is 25.9 Å².